The molecule has 0 radical (unpaired) electrons. The first kappa shape index (κ1) is 20.1. The van der Waals surface area contributed by atoms with Gasteiger partial charge in [-0.2, -0.15) is 4.31 Å². The average Bonchev–Trinajstić information content (AvgIpc) is 2.64. The fraction of sp³-hybridized carbons (Fsp3) is 0.350. The Bertz CT molecular complexity index is 857. The maximum absolute atomic E-state index is 12.7. The van der Waals surface area contributed by atoms with Crippen LogP contribution in [0.25, 0.3) is 0 Å². The molecular weight excluding hydrogens is 348 g/mol. The van der Waals surface area contributed by atoms with E-state index in [0.29, 0.717) is 25.2 Å². The highest BCUT2D eigenvalue weighted by atomic mass is 32.2. The third kappa shape index (κ3) is 4.51. The van der Waals surface area contributed by atoms with E-state index in [1.54, 1.807) is 37.9 Å². The van der Waals surface area contributed by atoms with Crippen molar-refractivity contribution >= 4 is 15.9 Å². The summed E-state index contributed by atoms with van der Waals surface area (Å²) in [5.74, 6) is -0.206. The zero-order chi connectivity index (χ0) is 19.3. The van der Waals surface area contributed by atoms with Crippen molar-refractivity contribution in [3.63, 3.8) is 0 Å². The minimum atomic E-state index is -3.58. The van der Waals surface area contributed by atoms with Gasteiger partial charge in [0.2, 0.25) is 10.0 Å². The SMILES string of the molecule is CCN(CC)S(=O)(=O)c1cccc(C(=O)N(C)Cc2ccc(C)cc2)c1. The molecule has 0 aromatic heterocycles. The largest absolute Gasteiger partial charge is 0.337 e. The van der Waals surface area contributed by atoms with Crippen molar-refractivity contribution in [3.05, 3.63) is 65.2 Å². The average molecular weight is 375 g/mol. The van der Waals surface area contributed by atoms with E-state index < -0.39 is 10.0 Å². The van der Waals surface area contributed by atoms with Crippen molar-refractivity contribution in [2.24, 2.45) is 0 Å². The molecule has 2 aromatic carbocycles. The molecule has 6 heteroatoms. The second-order valence-electron chi connectivity index (χ2n) is 6.26. The first-order chi connectivity index (χ1) is 12.3. The molecule has 0 heterocycles. The highest BCUT2D eigenvalue weighted by Crippen LogP contribution is 2.18. The monoisotopic (exact) mass is 374 g/mol. The zero-order valence-electron chi connectivity index (χ0n) is 15.8. The molecular formula is C20H26N2O3S. The summed E-state index contributed by atoms with van der Waals surface area (Å²) in [5, 5.41) is 0. The van der Waals surface area contributed by atoms with Gasteiger partial charge in [0, 0.05) is 32.2 Å². The van der Waals surface area contributed by atoms with Crippen LogP contribution >= 0.6 is 0 Å². The van der Waals surface area contributed by atoms with Gasteiger partial charge in [0.15, 0.2) is 0 Å². The molecule has 0 atom stereocenters. The van der Waals surface area contributed by atoms with Gasteiger partial charge < -0.3 is 4.90 Å². The number of rotatable bonds is 7. The van der Waals surface area contributed by atoms with E-state index in [1.165, 1.54) is 16.4 Å². The Balaban J connectivity index is 2.23. The van der Waals surface area contributed by atoms with Crippen LogP contribution in [0.15, 0.2) is 53.4 Å². The third-order valence-electron chi connectivity index (χ3n) is 4.31. The molecule has 0 fully saturated rings. The van der Waals surface area contributed by atoms with E-state index in [4.69, 9.17) is 0 Å². The lowest BCUT2D eigenvalue weighted by Gasteiger charge is -2.20. The minimum absolute atomic E-state index is 0.149. The maximum Gasteiger partial charge on any atom is 0.253 e. The number of hydrogen-bond acceptors (Lipinski definition) is 3. The Morgan fingerprint density at radius 3 is 2.19 bits per heavy atom. The summed E-state index contributed by atoms with van der Waals surface area (Å²) >= 11 is 0. The molecule has 2 aromatic rings. The van der Waals surface area contributed by atoms with E-state index >= 15 is 0 Å². The van der Waals surface area contributed by atoms with Crippen molar-refractivity contribution in [1.29, 1.82) is 0 Å². The number of nitrogens with zero attached hydrogens (tertiary/aromatic N) is 2. The topological polar surface area (TPSA) is 57.7 Å². The first-order valence-corrected chi connectivity index (χ1v) is 10.1. The molecule has 0 bridgehead atoms. The van der Waals surface area contributed by atoms with Gasteiger partial charge in [-0.25, -0.2) is 8.42 Å². The molecule has 1 amide bonds. The highest BCUT2D eigenvalue weighted by Gasteiger charge is 2.23. The molecule has 0 aliphatic rings. The van der Waals surface area contributed by atoms with E-state index in [1.807, 2.05) is 31.2 Å². The van der Waals surface area contributed by atoms with Crippen LogP contribution in [0.4, 0.5) is 0 Å². The van der Waals surface area contributed by atoms with E-state index in [-0.39, 0.29) is 10.8 Å². The highest BCUT2D eigenvalue weighted by molar-refractivity contribution is 7.89. The summed E-state index contributed by atoms with van der Waals surface area (Å²) in [6.07, 6.45) is 0. The number of carbonyl (C=O) groups excluding carboxylic acids is 1. The van der Waals surface area contributed by atoms with Crippen molar-refractivity contribution in [3.8, 4) is 0 Å². The van der Waals surface area contributed by atoms with Gasteiger partial charge in [-0.1, -0.05) is 49.7 Å². The Kier molecular flexibility index (Phi) is 6.56. The number of hydrogen-bond donors (Lipinski definition) is 0. The Morgan fingerprint density at radius 2 is 1.62 bits per heavy atom. The predicted molar refractivity (Wildman–Crippen MR) is 104 cm³/mol. The Morgan fingerprint density at radius 1 is 1.00 bits per heavy atom. The van der Waals surface area contributed by atoms with Crippen LogP contribution in [0.2, 0.25) is 0 Å². The molecule has 26 heavy (non-hydrogen) atoms. The van der Waals surface area contributed by atoms with E-state index in [0.717, 1.165) is 11.1 Å². The van der Waals surface area contributed by atoms with Gasteiger partial charge in [-0.3, -0.25) is 4.79 Å². The first-order valence-electron chi connectivity index (χ1n) is 8.70. The van der Waals surface area contributed by atoms with Gasteiger partial charge in [0.1, 0.15) is 0 Å². The second-order valence-corrected chi connectivity index (χ2v) is 8.20. The summed E-state index contributed by atoms with van der Waals surface area (Å²) in [5.41, 5.74) is 2.56. The van der Waals surface area contributed by atoms with E-state index in [9.17, 15) is 13.2 Å². The minimum Gasteiger partial charge on any atom is -0.337 e. The lowest BCUT2D eigenvalue weighted by atomic mass is 10.1. The van der Waals surface area contributed by atoms with Gasteiger partial charge in [0.05, 0.1) is 4.90 Å². The molecule has 0 aliphatic carbocycles. The van der Waals surface area contributed by atoms with Crippen LogP contribution in [-0.2, 0) is 16.6 Å². The van der Waals surface area contributed by atoms with Gasteiger partial charge in [0.25, 0.3) is 5.91 Å². The molecule has 2 rings (SSSR count). The van der Waals surface area contributed by atoms with Crippen molar-refractivity contribution in [1.82, 2.24) is 9.21 Å². The van der Waals surface area contributed by atoms with Crippen LogP contribution in [0.3, 0.4) is 0 Å². The van der Waals surface area contributed by atoms with Crippen LogP contribution in [-0.4, -0.2) is 43.7 Å². The van der Waals surface area contributed by atoms with Gasteiger partial charge in [-0.15, -0.1) is 0 Å². The molecule has 140 valence electrons. The second kappa shape index (κ2) is 8.47. The molecule has 0 aliphatic heterocycles. The molecule has 0 spiro atoms. The van der Waals surface area contributed by atoms with Gasteiger partial charge >= 0.3 is 0 Å². The summed E-state index contributed by atoms with van der Waals surface area (Å²) in [6.45, 7) is 6.86. The lowest BCUT2D eigenvalue weighted by Crippen LogP contribution is -2.31. The van der Waals surface area contributed by atoms with Crippen LogP contribution in [0.5, 0.6) is 0 Å². The maximum atomic E-state index is 12.7. The molecule has 5 nitrogen and oxygen atoms in total. The quantitative estimate of drug-likeness (QED) is 0.747. The number of amides is 1. The molecule has 0 saturated heterocycles. The summed E-state index contributed by atoms with van der Waals surface area (Å²) in [6, 6.07) is 14.2. The number of sulfonamides is 1. The molecule has 0 saturated carbocycles. The zero-order valence-corrected chi connectivity index (χ0v) is 16.6. The van der Waals surface area contributed by atoms with Crippen molar-refractivity contribution in [2.45, 2.75) is 32.2 Å². The predicted octanol–water partition coefficient (Wildman–Crippen LogP) is 3.30. The molecule has 0 unspecified atom stereocenters. The number of benzene rings is 2. The fourth-order valence-electron chi connectivity index (χ4n) is 2.76. The third-order valence-corrected chi connectivity index (χ3v) is 6.36. The van der Waals surface area contributed by atoms with E-state index in [2.05, 4.69) is 0 Å². The van der Waals surface area contributed by atoms with Crippen molar-refractivity contribution < 1.29 is 13.2 Å². The van der Waals surface area contributed by atoms with Crippen LogP contribution in [0, 0.1) is 6.92 Å². The van der Waals surface area contributed by atoms with Crippen LogP contribution < -0.4 is 0 Å². The fourth-order valence-corrected chi connectivity index (χ4v) is 4.27. The van der Waals surface area contributed by atoms with Crippen molar-refractivity contribution in [2.75, 3.05) is 20.1 Å². The Labute approximate surface area is 156 Å². The standard InChI is InChI=1S/C20H26N2O3S/c1-5-22(6-2)26(24,25)19-9-7-8-18(14-19)20(23)21(4)15-17-12-10-16(3)11-13-17/h7-14H,5-6,15H2,1-4H3. The van der Waals surface area contributed by atoms with Crippen LogP contribution in [0.1, 0.15) is 35.3 Å². The summed E-state index contributed by atoms with van der Waals surface area (Å²) in [4.78, 5) is 14.5. The number of aryl methyl sites for hydroxylation is 1. The van der Waals surface area contributed by atoms with Gasteiger partial charge in [-0.05, 0) is 30.7 Å². The lowest BCUT2D eigenvalue weighted by molar-refractivity contribution is 0.0785. The summed E-state index contributed by atoms with van der Waals surface area (Å²) in [7, 11) is -1.87. The Hall–Kier alpha value is -2.18. The normalized spacial score (nSPS) is 11.6. The summed E-state index contributed by atoms with van der Waals surface area (Å²) < 4.78 is 26.7. The number of carbonyl (C=O) groups is 1. The molecule has 0 N–H and O–H groups in total. The smallest absolute Gasteiger partial charge is 0.253 e.